The maximum atomic E-state index is 5.84. The zero-order valence-electron chi connectivity index (χ0n) is 11.9. The summed E-state index contributed by atoms with van der Waals surface area (Å²) in [5.74, 6) is 0.455. The van der Waals surface area contributed by atoms with Crippen molar-refractivity contribution in [3.05, 3.63) is 48.3 Å². The number of benzene rings is 1. The minimum atomic E-state index is 0.453. The molecule has 0 amide bonds. The molecular weight excluding hydrogens is 278 g/mol. The summed E-state index contributed by atoms with van der Waals surface area (Å²) in [5.41, 5.74) is 3.37. The van der Waals surface area contributed by atoms with Crippen LogP contribution in [-0.4, -0.2) is 26.5 Å². The molecule has 0 atom stereocenters. The van der Waals surface area contributed by atoms with E-state index in [0.717, 1.165) is 16.6 Å². The molecule has 0 aliphatic rings. The predicted molar refractivity (Wildman–Crippen MR) is 83.0 cm³/mol. The van der Waals surface area contributed by atoms with Crippen molar-refractivity contribution in [1.29, 1.82) is 0 Å². The first-order valence-corrected chi connectivity index (χ1v) is 7.05. The van der Waals surface area contributed by atoms with Crippen LogP contribution >= 0.6 is 0 Å². The molecule has 0 aliphatic carbocycles. The van der Waals surface area contributed by atoms with Gasteiger partial charge in [-0.15, -0.1) is 0 Å². The van der Waals surface area contributed by atoms with Gasteiger partial charge in [0.2, 0.25) is 11.4 Å². The van der Waals surface area contributed by atoms with Crippen LogP contribution in [0.2, 0.25) is 0 Å². The fourth-order valence-corrected chi connectivity index (χ4v) is 2.38. The molecular formula is C16H13N5O. The van der Waals surface area contributed by atoms with E-state index in [4.69, 9.17) is 4.42 Å². The number of nitrogens with one attached hydrogen (secondary N) is 1. The van der Waals surface area contributed by atoms with Gasteiger partial charge in [0.15, 0.2) is 11.2 Å². The molecule has 0 saturated carbocycles. The van der Waals surface area contributed by atoms with E-state index < -0.39 is 0 Å². The highest BCUT2D eigenvalue weighted by atomic mass is 16.3. The van der Waals surface area contributed by atoms with Gasteiger partial charge in [0, 0.05) is 29.8 Å². The van der Waals surface area contributed by atoms with Crippen LogP contribution in [0.3, 0.4) is 0 Å². The Labute approximate surface area is 125 Å². The summed E-state index contributed by atoms with van der Waals surface area (Å²) in [4.78, 5) is 20.6. The second-order valence-electron chi connectivity index (χ2n) is 4.80. The van der Waals surface area contributed by atoms with Crippen LogP contribution in [0.25, 0.3) is 33.7 Å². The Kier molecular flexibility index (Phi) is 2.93. The zero-order valence-corrected chi connectivity index (χ0v) is 11.9. The number of para-hydroxylation sites is 1. The molecule has 1 aromatic carbocycles. The first-order chi connectivity index (χ1) is 10.8. The summed E-state index contributed by atoms with van der Waals surface area (Å²) in [6.45, 7) is 2.55. The van der Waals surface area contributed by atoms with Crippen molar-refractivity contribution in [3.8, 4) is 11.6 Å². The van der Waals surface area contributed by atoms with Crippen molar-refractivity contribution in [2.45, 2.75) is 6.92 Å². The molecule has 4 aromatic rings. The first kappa shape index (κ1) is 12.7. The Morgan fingerprint density at radius 2 is 2.05 bits per heavy atom. The Hall–Kier alpha value is -3.02. The third-order valence-electron chi connectivity index (χ3n) is 3.34. The molecule has 22 heavy (non-hydrogen) atoms. The zero-order chi connectivity index (χ0) is 14.9. The number of rotatable bonds is 2. The molecule has 4 rings (SSSR count). The summed E-state index contributed by atoms with van der Waals surface area (Å²) in [6.07, 6.45) is 3.22. The standard InChI is InChI=1S/C16H13N5O/c1-2-17-16-13-14(19-8-7-18-13)21-15(22-16)12-9-10-5-3-4-6-11(10)20-12/h3-9,20H,2H2,1H3. The molecule has 0 fully saturated rings. The number of fused-ring (bicyclic) bond motifs is 2. The Balaban J connectivity index is 2.00. The number of hydrogen-bond acceptors (Lipinski definition) is 5. The Bertz CT molecular complexity index is 998. The maximum Gasteiger partial charge on any atom is 0.247 e. The van der Waals surface area contributed by atoms with Crippen LogP contribution in [-0.2, 0) is 0 Å². The van der Waals surface area contributed by atoms with Crippen molar-refractivity contribution in [2.24, 2.45) is 4.99 Å². The van der Waals surface area contributed by atoms with Gasteiger partial charge < -0.3 is 9.40 Å². The Morgan fingerprint density at radius 3 is 2.91 bits per heavy atom. The monoisotopic (exact) mass is 291 g/mol. The molecule has 0 radical (unpaired) electrons. The average Bonchev–Trinajstić information content (AvgIpc) is 2.99. The molecule has 6 nitrogen and oxygen atoms in total. The summed E-state index contributed by atoms with van der Waals surface area (Å²) >= 11 is 0. The highest BCUT2D eigenvalue weighted by molar-refractivity contribution is 5.84. The van der Waals surface area contributed by atoms with Gasteiger partial charge in [0.1, 0.15) is 5.69 Å². The van der Waals surface area contributed by atoms with E-state index in [9.17, 15) is 0 Å². The van der Waals surface area contributed by atoms with Crippen LogP contribution in [0.15, 0.2) is 52.1 Å². The van der Waals surface area contributed by atoms with Gasteiger partial charge in [-0.2, -0.15) is 4.98 Å². The number of aromatic nitrogens is 4. The van der Waals surface area contributed by atoms with Gasteiger partial charge in [-0.05, 0) is 19.1 Å². The van der Waals surface area contributed by atoms with Crippen LogP contribution in [0.1, 0.15) is 6.92 Å². The largest absolute Gasteiger partial charge is 0.416 e. The van der Waals surface area contributed by atoms with E-state index in [1.54, 1.807) is 12.4 Å². The van der Waals surface area contributed by atoms with Gasteiger partial charge in [-0.1, -0.05) is 18.2 Å². The van der Waals surface area contributed by atoms with Crippen molar-refractivity contribution in [2.75, 3.05) is 6.54 Å². The van der Waals surface area contributed by atoms with Gasteiger partial charge in [0.05, 0.1) is 0 Å². The predicted octanol–water partition coefficient (Wildman–Crippen LogP) is 2.69. The second kappa shape index (κ2) is 5.07. The van der Waals surface area contributed by atoms with Crippen molar-refractivity contribution < 1.29 is 4.42 Å². The summed E-state index contributed by atoms with van der Waals surface area (Å²) in [7, 11) is 0. The molecule has 108 valence electrons. The minimum absolute atomic E-state index is 0.453. The molecule has 3 heterocycles. The van der Waals surface area contributed by atoms with Crippen LogP contribution in [0.4, 0.5) is 0 Å². The summed E-state index contributed by atoms with van der Waals surface area (Å²) in [6, 6.07) is 10.0. The fourth-order valence-electron chi connectivity index (χ4n) is 2.38. The van der Waals surface area contributed by atoms with Crippen LogP contribution in [0, 0.1) is 0 Å². The second-order valence-corrected chi connectivity index (χ2v) is 4.80. The lowest BCUT2D eigenvalue weighted by molar-refractivity contribution is 0.494. The van der Waals surface area contributed by atoms with Gasteiger partial charge in [-0.25, -0.2) is 15.0 Å². The molecule has 0 unspecified atom stereocenters. The lowest BCUT2D eigenvalue weighted by atomic mass is 10.2. The smallest absolute Gasteiger partial charge is 0.247 e. The summed E-state index contributed by atoms with van der Waals surface area (Å²) in [5, 5.41) is 1.10. The van der Waals surface area contributed by atoms with Gasteiger partial charge >= 0.3 is 0 Å². The summed E-state index contributed by atoms with van der Waals surface area (Å²) < 4.78 is 5.84. The molecule has 0 bridgehead atoms. The van der Waals surface area contributed by atoms with Crippen molar-refractivity contribution in [1.82, 2.24) is 19.9 Å². The third kappa shape index (κ3) is 2.05. The average molecular weight is 291 g/mol. The van der Waals surface area contributed by atoms with Gasteiger partial charge in [-0.3, -0.25) is 0 Å². The normalized spacial score (nSPS) is 12.3. The SMILES string of the molecule is CCN=c1oc(-c2cc3ccccc3[nH]2)nc2nccnc12. The minimum Gasteiger partial charge on any atom is -0.416 e. The molecule has 3 aromatic heterocycles. The highest BCUT2D eigenvalue weighted by Gasteiger charge is 2.11. The molecule has 0 spiro atoms. The Morgan fingerprint density at radius 1 is 1.18 bits per heavy atom. The van der Waals surface area contributed by atoms with Crippen molar-refractivity contribution in [3.63, 3.8) is 0 Å². The number of aromatic amines is 1. The number of H-pyrrole nitrogens is 1. The number of nitrogens with zero attached hydrogens (tertiary/aromatic N) is 4. The van der Waals surface area contributed by atoms with E-state index in [0.29, 0.717) is 29.2 Å². The third-order valence-corrected chi connectivity index (χ3v) is 3.34. The van der Waals surface area contributed by atoms with Crippen LogP contribution < -0.4 is 5.55 Å². The lowest BCUT2D eigenvalue weighted by Crippen LogP contribution is -2.09. The highest BCUT2D eigenvalue weighted by Crippen LogP contribution is 2.22. The molecule has 6 heteroatoms. The van der Waals surface area contributed by atoms with E-state index in [-0.39, 0.29) is 0 Å². The molecule has 0 aliphatic heterocycles. The van der Waals surface area contributed by atoms with Gasteiger partial charge in [0.25, 0.3) is 0 Å². The molecule has 0 saturated heterocycles. The molecule has 1 N–H and O–H groups in total. The van der Waals surface area contributed by atoms with Crippen molar-refractivity contribution >= 4 is 22.1 Å². The van der Waals surface area contributed by atoms with E-state index in [1.165, 1.54) is 0 Å². The van der Waals surface area contributed by atoms with E-state index in [2.05, 4.69) is 24.9 Å². The lowest BCUT2D eigenvalue weighted by Gasteiger charge is -2.00. The fraction of sp³-hybridized carbons (Fsp3) is 0.125. The first-order valence-electron chi connectivity index (χ1n) is 7.05. The number of hydrogen-bond donors (Lipinski definition) is 1. The van der Waals surface area contributed by atoms with Crippen LogP contribution in [0.5, 0.6) is 0 Å². The van der Waals surface area contributed by atoms with E-state index >= 15 is 0 Å². The van der Waals surface area contributed by atoms with E-state index in [1.807, 2.05) is 37.3 Å². The topological polar surface area (TPSA) is 80.0 Å². The quantitative estimate of drug-likeness (QED) is 0.615. The maximum absolute atomic E-state index is 5.84.